The number of aromatic nitrogens is 2. The van der Waals surface area contributed by atoms with E-state index in [2.05, 4.69) is 24.3 Å². The molecule has 1 amide bonds. The van der Waals surface area contributed by atoms with Crippen LogP contribution in [0.25, 0.3) is 16.5 Å². The number of carbonyl (C=O) groups excluding carboxylic acids is 1. The van der Waals surface area contributed by atoms with Crippen LogP contribution in [0.2, 0.25) is 0 Å². The Hall–Kier alpha value is -3.19. The molecule has 2 aromatic carbocycles. The Morgan fingerprint density at radius 2 is 1.70 bits per heavy atom. The summed E-state index contributed by atoms with van der Waals surface area (Å²) in [4.78, 5) is 27.4. The highest BCUT2D eigenvalue weighted by atomic mass is 16.5. The Morgan fingerprint density at radius 1 is 1.03 bits per heavy atom. The summed E-state index contributed by atoms with van der Waals surface area (Å²) in [5.74, 6) is 0.435. The second kappa shape index (κ2) is 10.0. The molecule has 7 nitrogen and oxygen atoms in total. The molecule has 0 atom stereocenters. The minimum Gasteiger partial charge on any atom is -0.494 e. The molecule has 30 heavy (non-hydrogen) atoms. The Bertz CT molecular complexity index is 1060. The maximum atomic E-state index is 13.0. The smallest absolute Gasteiger partial charge is 0.279 e. The molecule has 0 saturated carbocycles. The first-order valence-electron chi connectivity index (χ1n) is 10.5. The van der Waals surface area contributed by atoms with Gasteiger partial charge in [0.1, 0.15) is 5.75 Å². The molecule has 0 spiro atoms. The summed E-state index contributed by atoms with van der Waals surface area (Å²) in [6.45, 7) is 10.1. The SMILES string of the molecule is CCOc1ccc(-n2nc(C(=O)NCC[NH+](CC)CC)c3ccccc3c2=O)cc1. The van der Waals surface area contributed by atoms with Crippen molar-refractivity contribution < 1.29 is 14.4 Å². The van der Waals surface area contributed by atoms with E-state index in [4.69, 9.17) is 4.74 Å². The van der Waals surface area contributed by atoms with Crippen LogP contribution in [-0.2, 0) is 0 Å². The number of quaternary nitrogens is 1. The minimum absolute atomic E-state index is 0.244. The molecule has 0 radical (unpaired) electrons. The lowest BCUT2D eigenvalue weighted by atomic mass is 10.1. The van der Waals surface area contributed by atoms with Gasteiger partial charge in [0.15, 0.2) is 5.69 Å². The molecule has 0 aliphatic carbocycles. The average molecular weight is 410 g/mol. The third-order valence-corrected chi connectivity index (χ3v) is 5.18. The topological polar surface area (TPSA) is 77.7 Å². The zero-order chi connectivity index (χ0) is 21.5. The maximum absolute atomic E-state index is 13.0. The van der Waals surface area contributed by atoms with Gasteiger partial charge in [0, 0.05) is 5.39 Å². The Labute approximate surface area is 176 Å². The summed E-state index contributed by atoms with van der Waals surface area (Å²) in [5.41, 5.74) is 0.559. The number of likely N-dealkylation sites (N-methyl/N-ethyl adjacent to an activating group) is 1. The lowest BCUT2D eigenvalue weighted by molar-refractivity contribution is -0.895. The van der Waals surface area contributed by atoms with E-state index < -0.39 is 0 Å². The number of amides is 1. The summed E-state index contributed by atoms with van der Waals surface area (Å²) < 4.78 is 6.75. The number of hydrogen-bond donors (Lipinski definition) is 2. The summed E-state index contributed by atoms with van der Waals surface area (Å²) in [6, 6.07) is 14.2. The predicted octanol–water partition coefficient (Wildman–Crippen LogP) is 1.44. The van der Waals surface area contributed by atoms with Crippen molar-refractivity contribution in [3.05, 3.63) is 64.6 Å². The molecule has 0 aliphatic heterocycles. The van der Waals surface area contributed by atoms with E-state index in [0.29, 0.717) is 35.4 Å². The van der Waals surface area contributed by atoms with Crippen molar-refractivity contribution in [2.24, 2.45) is 0 Å². The molecule has 0 saturated heterocycles. The highest BCUT2D eigenvalue weighted by Gasteiger charge is 2.17. The largest absolute Gasteiger partial charge is 0.494 e. The first-order valence-corrected chi connectivity index (χ1v) is 10.5. The Balaban J connectivity index is 1.97. The van der Waals surface area contributed by atoms with Crippen molar-refractivity contribution in [2.45, 2.75) is 20.8 Å². The number of ether oxygens (including phenoxy) is 1. The molecular weight excluding hydrogens is 380 g/mol. The number of fused-ring (bicyclic) bond motifs is 1. The monoisotopic (exact) mass is 409 g/mol. The highest BCUT2D eigenvalue weighted by Crippen LogP contribution is 2.17. The van der Waals surface area contributed by atoms with Gasteiger partial charge in [-0.05, 0) is 51.1 Å². The number of hydrogen-bond acceptors (Lipinski definition) is 4. The number of nitrogens with zero attached hydrogens (tertiary/aromatic N) is 2. The van der Waals surface area contributed by atoms with Gasteiger partial charge in [-0.1, -0.05) is 18.2 Å². The summed E-state index contributed by atoms with van der Waals surface area (Å²) in [6.07, 6.45) is 0. The summed E-state index contributed by atoms with van der Waals surface area (Å²) in [5, 5.41) is 8.40. The third kappa shape index (κ3) is 4.68. The van der Waals surface area contributed by atoms with Gasteiger partial charge in [-0.15, -0.1) is 0 Å². The molecule has 0 aliphatic rings. The summed E-state index contributed by atoms with van der Waals surface area (Å²) >= 11 is 0. The van der Waals surface area contributed by atoms with Crippen LogP contribution in [0.15, 0.2) is 53.3 Å². The van der Waals surface area contributed by atoms with Crippen molar-refractivity contribution >= 4 is 16.7 Å². The lowest BCUT2D eigenvalue weighted by Crippen LogP contribution is -3.12. The number of benzene rings is 2. The van der Waals surface area contributed by atoms with Crippen LogP contribution in [0.5, 0.6) is 5.75 Å². The summed E-state index contributed by atoms with van der Waals surface area (Å²) in [7, 11) is 0. The Morgan fingerprint density at radius 3 is 2.33 bits per heavy atom. The van der Waals surface area contributed by atoms with Crippen LogP contribution < -0.4 is 20.5 Å². The van der Waals surface area contributed by atoms with E-state index >= 15 is 0 Å². The Kier molecular flexibility index (Phi) is 7.19. The van der Waals surface area contributed by atoms with Gasteiger partial charge in [0.25, 0.3) is 11.5 Å². The number of carbonyl (C=O) groups is 1. The van der Waals surface area contributed by atoms with E-state index in [1.54, 1.807) is 42.5 Å². The van der Waals surface area contributed by atoms with Crippen molar-refractivity contribution in [2.75, 3.05) is 32.8 Å². The standard InChI is InChI=1S/C23H28N4O3/c1-4-26(5-2)16-15-24-22(28)21-19-9-7-8-10-20(19)23(29)27(25-21)17-11-13-18(14-12-17)30-6-3/h7-14H,4-6,15-16H2,1-3H3,(H,24,28)/p+1. The van der Waals surface area contributed by atoms with Crippen LogP contribution in [0.1, 0.15) is 31.3 Å². The van der Waals surface area contributed by atoms with Crippen molar-refractivity contribution in [1.29, 1.82) is 0 Å². The van der Waals surface area contributed by atoms with Crippen LogP contribution in [-0.4, -0.2) is 48.5 Å². The quantitative estimate of drug-likeness (QED) is 0.561. The first kappa shape index (κ1) is 21.5. The van der Waals surface area contributed by atoms with Gasteiger partial charge in [-0.2, -0.15) is 9.78 Å². The van der Waals surface area contributed by atoms with Crippen molar-refractivity contribution in [3.8, 4) is 11.4 Å². The molecule has 0 fully saturated rings. The minimum atomic E-state index is -0.280. The van der Waals surface area contributed by atoms with E-state index in [1.807, 2.05) is 13.0 Å². The molecule has 1 aromatic heterocycles. The molecule has 3 rings (SSSR count). The van der Waals surface area contributed by atoms with Gasteiger partial charge < -0.3 is 15.0 Å². The molecule has 158 valence electrons. The normalized spacial score (nSPS) is 11.1. The zero-order valence-corrected chi connectivity index (χ0v) is 17.8. The number of rotatable bonds is 9. The zero-order valence-electron chi connectivity index (χ0n) is 17.8. The average Bonchev–Trinajstić information content (AvgIpc) is 2.78. The first-order chi connectivity index (χ1) is 14.6. The van der Waals surface area contributed by atoms with E-state index in [-0.39, 0.29) is 17.2 Å². The van der Waals surface area contributed by atoms with Crippen molar-refractivity contribution in [3.63, 3.8) is 0 Å². The van der Waals surface area contributed by atoms with Gasteiger partial charge in [-0.3, -0.25) is 9.59 Å². The second-order valence-corrected chi connectivity index (χ2v) is 7.00. The molecular formula is C23H29N4O3+. The lowest BCUT2D eigenvalue weighted by Gasteiger charge is -2.16. The molecule has 3 aromatic rings. The fourth-order valence-electron chi connectivity index (χ4n) is 3.42. The van der Waals surface area contributed by atoms with Gasteiger partial charge in [0.05, 0.1) is 43.9 Å². The van der Waals surface area contributed by atoms with Crippen molar-refractivity contribution in [1.82, 2.24) is 15.1 Å². The van der Waals surface area contributed by atoms with Gasteiger partial charge in [0.2, 0.25) is 0 Å². The predicted molar refractivity (Wildman–Crippen MR) is 118 cm³/mol. The van der Waals surface area contributed by atoms with Crippen LogP contribution >= 0.6 is 0 Å². The van der Waals surface area contributed by atoms with E-state index in [1.165, 1.54) is 9.58 Å². The van der Waals surface area contributed by atoms with Crippen LogP contribution in [0.3, 0.4) is 0 Å². The van der Waals surface area contributed by atoms with E-state index in [0.717, 1.165) is 19.6 Å². The van der Waals surface area contributed by atoms with Gasteiger partial charge >= 0.3 is 0 Å². The molecule has 2 N–H and O–H groups in total. The molecule has 7 heteroatoms. The molecule has 0 unspecified atom stereocenters. The highest BCUT2D eigenvalue weighted by molar-refractivity contribution is 6.04. The van der Waals surface area contributed by atoms with Crippen LogP contribution in [0.4, 0.5) is 0 Å². The fraction of sp³-hybridized carbons (Fsp3) is 0.348. The van der Waals surface area contributed by atoms with Gasteiger partial charge in [-0.25, -0.2) is 0 Å². The maximum Gasteiger partial charge on any atom is 0.279 e. The number of nitrogens with one attached hydrogen (secondary N) is 2. The third-order valence-electron chi connectivity index (χ3n) is 5.18. The molecule has 1 heterocycles. The second-order valence-electron chi connectivity index (χ2n) is 7.00. The molecule has 0 bridgehead atoms. The van der Waals surface area contributed by atoms with E-state index in [9.17, 15) is 9.59 Å². The van der Waals surface area contributed by atoms with Crippen LogP contribution in [0, 0.1) is 0 Å². The fourth-order valence-corrected chi connectivity index (χ4v) is 3.42.